The average molecular weight is 543 g/mol. The van der Waals surface area contributed by atoms with E-state index in [4.69, 9.17) is 24.0 Å². The van der Waals surface area contributed by atoms with Gasteiger partial charge in [-0.05, 0) is 46.4 Å². The van der Waals surface area contributed by atoms with Crippen LogP contribution in [0.15, 0.2) is 28.8 Å². The summed E-state index contributed by atoms with van der Waals surface area (Å²) >= 11 is 0. The number of likely N-dealkylation sites (N-methyl/N-ethyl adjacent to an activating group) is 1. The van der Waals surface area contributed by atoms with E-state index in [0.29, 0.717) is 59.6 Å². The highest BCUT2D eigenvalue weighted by Crippen LogP contribution is 2.34. The monoisotopic (exact) mass is 542 g/mol. The summed E-state index contributed by atoms with van der Waals surface area (Å²) in [5, 5.41) is 20.3. The first kappa shape index (κ1) is 28.2. The molecule has 12 heteroatoms. The zero-order valence-electron chi connectivity index (χ0n) is 22.8. The van der Waals surface area contributed by atoms with E-state index in [2.05, 4.69) is 15.8 Å². The molecule has 0 aliphatic carbocycles. The maximum Gasteiger partial charge on any atom is 0.409 e. The van der Waals surface area contributed by atoms with Crippen molar-refractivity contribution in [2.24, 2.45) is 0 Å². The number of alkyl halides is 1. The van der Waals surface area contributed by atoms with Crippen LogP contribution in [0, 0.1) is 20.8 Å². The second kappa shape index (κ2) is 12.4. The second-order valence-electron chi connectivity index (χ2n) is 9.59. The van der Waals surface area contributed by atoms with Gasteiger partial charge in [0.2, 0.25) is 0 Å². The van der Waals surface area contributed by atoms with E-state index >= 15 is 4.39 Å². The Kier molecular flexibility index (Phi) is 8.97. The summed E-state index contributed by atoms with van der Waals surface area (Å²) in [7, 11) is 3.04. The van der Waals surface area contributed by atoms with Crippen LogP contribution in [0.5, 0.6) is 5.75 Å². The zero-order chi connectivity index (χ0) is 28.1. The number of benzene rings is 1. The van der Waals surface area contributed by atoms with E-state index in [0.717, 1.165) is 11.1 Å². The van der Waals surface area contributed by atoms with Crippen molar-refractivity contribution in [2.75, 3.05) is 45.7 Å². The van der Waals surface area contributed by atoms with Gasteiger partial charge in [0.15, 0.2) is 5.82 Å². The molecule has 3 aromatic rings. The molecule has 1 aliphatic heterocycles. The summed E-state index contributed by atoms with van der Waals surface area (Å²) in [6.45, 7) is 6.34. The van der Waals surface area contributed by atoms with Crippen molar-refractivity contribution in [3.05, 3.63) is 41.3 Å². The van der Waals surface area contributed by atoms with Crippen LogP contribution in [-0.2, 0) is 4.74 Å². The first-order chi connectivity index (χ1) is 18.7. The number of hydrogen-bond acceptors (Lipinski definition) is 10. The maximum atomic E-state index is 15.2. The van der Waals surface area contributed by atoms with Crippen LogP contribution in [-0.4, -0.2) is 89.9 Å². The van der Waals surface area contributed by atoms with Gasteiger partial charge in [-0.1, -0.05) is 17.3 Å². The van der Waals surface area contributed by atoms with Crippen LogP contribution < -0.4 is 15.4 Å². The molecule has 39 heavy (non-hydrogen) atoms. The summed E-state index contributed by atoms with van der Waals surface area (Å²) in [4.78, 5) is 22.9. The van der Waals surface area contributed by atoms with Crippen molar-refractivity contribution in [2.45, 2.75) is 45.5 Å². The molecule has 1 aliphatic rings. The second-order valence-corrected chi connectivity index (χ2v) is 9.59. The quantitative estimate of drug-likeness (QED) is 0.370. The lowest BCUT2D eigenvalue weighted by molar-refractivity contribution is 0.0871. The number of piperidine rings is 1. The van der Waals surface area contributed by atoms with Crippen molar-refractivity contribution in [1.29, 1.82) is 0 Å². The number of halogens is 1. The number of rotatable bonds is 9. The largest absolute Gasteiger partial charge is 0.491 e. The Morgan fingerprint density at radius 3 is 2.77 bits per heavy atom. The highest BCUT2D eigenvalue weighted by molar-refractivity contribution is 5.75. The van der Waals surface area contributed by atoms with Crippen molar-refractivity contribution in [3.8, 4) is 28.4 Å². The number of aliphatic hydroxyl groups is 1. The van der Waals surface area contributed by atoms with E-state index in [9.17, 15) is 9.90 Å². The minimum atomic E-state index is -1.32. The van der Waals surface area contributed by atoms with E-state index in [1.54, 1.807) is 19.2 Å². The van der Waals surface area contributed by atoms with Crippen molar-refractivity contribution in [1.82, 2.24) is 25.3 Å². The van der Waals surface area contributed by atoms with Crippen molar-refractivity contribution < 1.29 is 28.3 Å². The Bertz CT molecular complexity index is 1280. The number of aryl methyl sites for hydroxylation is 2. The fourth-order valence-electron chi connectivity index (χ4n) is 4.60. The van der Waals surface area contributed by atoms with Gasteiger partial charge in [-0.2, -0.15) is 0 Å². The third kappa shape index (κ3) is 6.45. The molecule has 0 bridgehead atoms. The highest BCUT2D eigenvalue weighted by Gasteiger charge is 2.33. The van der Waals surface area contributed by atoms with Gasteiger partial charge in [0.05, 0.1) is 36.6 Å². The molecular weight excluding hydrogens is 507 g/mol. The Labute approximate surface area is 226 Å². The standard InChI is InChI=1S/C27H35FN6O5/c1-15-24(23-16(2)33-39-17(23)3)31-26(18-7-6-8-20(11-18)38-14-19(35)12-29-4)32-25(15)30-22-9-10-34(13-21(22)28)27(36)37-5/h6-8,11,19,21-22,29,35H,9-10,12-14H2,1-5H3,(H,30,31,32)/t19?,21-,22+/m0/s1. The predicted molar refractivity (Wildman–Crippen MR) is 144 cm³/mol. The molecule has 3 N–H and O–H groups in total. The van der Waals surface area contributed by atoms with Gasteiger partial charge in [0, 0.05) is 24.2 Å². The average Bonchev–Trinajstić information content (AvgIpc) is 3.26. The van der Waals surface area contributed by atoms with Crippen LogP contribution in [0.25, 0.3) is 22.6 Å². The molecule has 1 fully saturated rings. The van der Waals surface area contributed by atoms with Crippen molar-refractivity contribution in [3.63, 3.8) is 0 Å². The lowest BCUT2D eigenvalue weighted by Crippen LogP contribution is -2.50. The number of carbonyl (C=O) groups excluding carboxylic acids is 1. The topological polar surface area (TPSA) is 135 Å². The smallest absolute Gasteiger partial charge is 0.409 e. The molecule has 3 heterocycles. The minimum absolute atomic E-state index is 0.0726. The third-order valence-corrected chi connectivity index (χ3v) is 6.69. The number of nitrogens with one attached hydrogen (secondary N) is 2. The zero-order valence-corrected chi connectivity index (χ0v) is 22.8. The first-order valence-corrected chi connectivity index (χ1v) is 12.8. The van der Waals surface area contributed by atoms with Crippen LogP contribution in [0.2, 0.25) is 0 Å². The van der Waals surface area contributed by atoms with Crippen LogP contribution in [0.4, 0.5) is 15.0 Å². The van der Waals surface area contributed by atoms with Gasteiger partial charge >= 0.3 is 6.09 Å². The number of amides is 1. The SMILES string of the molecule is CNCC(O)COc1cccc(-c2nc(N[C@@H]3CCN(C(=O)OC)C[C@@H]3F)c(C)c(-c3c(C)noc3C)n2)c1. The number of anilines is 1. The van der Waals surface area contributed by atoms with Gasteiger partial charge in [0.1, 0.15) is 36.2 Å². The summed E-state index contributed by atoms with van der Waals surface area (Å²) < 4.78 is 31.1. The van der Waals surface area contributed by atoms with Crippen LogP contribution in [0.3, 0.4) is 0 Å². The molecular formula is C27H35FN6O5. The van der Waals surface area contributed by atoms with Gasteiger partial charge in [-0.25, -0.2) is 19.2 Å². The minimum Gasteiger partial charge on any atom is -0.491 e. The molecule has 2 aromatic heterocycles. The summed E-state index contributed by atoms with van der Waals surface area (Å²) in [6.07, 6.45) is -2.14. The number of aliphatic hydroxyl groups excluding tert-OH is 1. The highest BCUT2D eigenvalue weighted by atomic mass is 19.1. The summed E-state index contributed by atoms with van der Waals surface area (Å²) in [5.74, 6) is 2.04. The molecule has 0 spiro atoms. The molecule has 1 aromatic carbocycles. The van der Waals surface area contributed by atoms with E-state index in [-0.39, 0.29) is 13.2 Å². The van der Waals surface area contributed by atoms with Crippen molar-refractivity contribution >= 4 is 11.9 Å². The predicted octanol–water partition coefficient (Wildman–Crippen LogP) is 3.27. The normalized spacial score (nSPS) is 18.1. The fourth-order valence-corrected chi connectivity index (χ4v) is 4.60. The third-order valence-electron chi connectivity index (χ3n) is 6.69. The Morgan fingerprint density at radius 2 is 2.10 bits per heavy atom. The summed E-state index contributed by atoms with van der Waals surface area (Å²) in [6, 6.07) is 6.70. The summed E-state index contributed by atoms with van der Waals surface area (Å²) in [5.41, 5.74) is 3.45. The van der Waals surface area contributed by atoms with E-state index in [1.807, 2.05) is 32.9 Å². The first-order valence-electron chi connectivity index (χ1n) is 12.8. The number of methoxy groups -OCH3 is 1. The lowest BCUT2D eigenvalue weighted by atomic mass is 10.0. The van der Waals surface area contributed by atoms with Gasteiger partial charge < -0.3 is 34.6 Å². The Hall–Kier alpha value is -3.77. The van der Waals surface area contributed by atoms with Crippen LogP contribution >= 0.6 is 0 Å². The number of nitrogens with zero attached hydrogens (tertiary/aromatic N) is 4. The maximum absolute atomic E-state index is 15.2. The Balaban J connectivity index is 1.68. The molecule has 210 valence electrons. The molecule has 4 rings (SSSR count). The molecule has 1 saturated heterocycles. The van der Waals surface area contributed by atoms with Gasteiger partial charge in [-0.15, -0.1) is 0 Å². The molecule has 1 unspecified atom stereocenters. The van der Waals surface area contributed by atoms with Gasteiger partial charge in [-0.3, -0.25) is 0 Å². The number of ether oxygens (including phenoxy) is 2. The molecule has 3 atom stereocenters. The fraction of sp³-hybridized carbons (Fsp3) is 0.481. The number of carbonyl (C=O) groups is 1. The Morgan fingerprint density at radius 1 is 1.31 bits per heavy atom. The van der Waals surface area contributed by atoms with E-state index < -0.39 is 24.4 Å². The van der Waals surface area contributed by atoms with Crippen LogP contribution in [0.1, 0.15) is 23.4 Å². The number of likely N-dealkylation sites (tertiary alicyclic amines) is 1. The molecule has 1 amide bonds. The lowest BCUT2D eigenvalue weighted by Gasteiger charge is -2.34. The number of aromatic nitrogens is 3. The van der Waals surface area contributed by atoms with Gasteiger partial charge in [0.25, 0.3) is 0 Å². The van der Waals surface area contributed by atoms with E-state index in [1.165, 1.54) is 12.0 Å². The molecule has 0 saturated carbocycles. The number of hydrogen-bond donors (Lipinski definition) is 3. The molecule has 11 nitrogen and oxygen atoms in total. The molecule has 0 radical (unpaired) electrons.